The molecule has 0 heterocycles. The van der Waals surface area contributed by atoms with Crippen molar-refractivity contribution in [3.05, 3.63) is 42.0 Å². The topological polar surface area (TPSA) is 29.5 Å². The van der Waals surface area contributed by atoms with E-state index < -0.39 is 0 Å². The molecule has 0 unspecified atom stereocenters. The molecule has 0 aliphatic heterocycles. The third-order valence-corrected chi connectivity index (χ3v) is 3.34. The molecular formula is C18H20O2. The molecule has 2 rings (SSSR count). The molecule has 0 aliphatic carbocycles. The zero-order valence-corrected chi connectivity index (χ0v) is 12.0. The number of rotatable bonds is 4. The number of aliphatic hydroxyl groups excluding tert-OH is 1. The Morgan fingerprint density at radius 2 is 1.75 bits per heavy atom. The molecule has 2 nitrogen and oxygen atoms in total. The van der Waals surface area contributed by atoms with Crippen LogP contribution >= 0.6 is 0 Å². The van der Waals surface area contributed by atoms with Gasteiger partial charge < -0.3 is 9.84 Å². The van der Waals surface area contributed by atoms with Gasteiger partial charge in [-0.1, -0.05) is 37.8 Å². The molecule has 2 aromatic rings. The molecule has 0 aromatic heterocycles. The number of aliphatic hydroxyl groups is 1. The Morgan fingerprint density at radius 3 is 2.45 bits per heavy atom. The van der Waals surface area contributed by atoms with Crippen LogP contribution in [0, 0.1) is 11.8 Å². The number of benzene rings is 2. The zero-order chi connectivity index (χ0) is 14.4. The highest BCUT2D eigenvalue weighted by Crippen LogP contribution is 2.23. The van der Waals surface area contributed by atoms with Crippen LogP contribution in [0.3, 0.4) is 0 Å². The van der Waals surface area contributed by atoms with E-state index in [1.54, 1.807) is 0 Å². The van der Waals surface area contributed by atoms with E-state index in [0.717, 1.165) is 34.9 Å². The molecule has 104 valence electrons. The smallest absolute Gasteiger partial charge is 0.120 e. The first-order chi connectivity index (χ1) is 9.76. The SMILES string of the molecule is CCC(CC)Oc1ccc2cc(C#CCO)ccc2c1. The van der Waals surface area contributed by atoms with Crippen molar-refractivity contribution in [3.8, 4) is 17.6 Å². The molecule has 0 aliphatic rings. The molecule has 1 N–H and O–H groups in total. The molecule has 0 radical (unpaired) electrons. The molecule has 0 atom stereocenters. The van der Waals surface area contributed by atoms with Crippen molar-refractivity contribution in [2.45, 2.75) is 32.8 Å². The van der Waals surface area contributed by atoms with Gasteiger partial charge in [0, 0.05) is 5.56 Å². The molecule has 0 saturated carbocycles. The van der Waals surface area contributed by atoms with Gasteiger partial charge in [0.25, 0.3) is 0 Å². The first kappa shape index (κ1) is 14.4. The number of fused-ring (bicyclic) bond motifs is 1. The minimum atomic E-state index is -0.111. The number of hydrogen-bond acceptors (Lipinski definition) is 2. The maximum absolute atomic E-state index is 8.72. The van der Waals surface area contributed by atoms with E-state index in [0.29, 0.717) is 0 Å². The van der Waals surface area contributed by atoms with E-state index in [2.05, 4.69) is 37.8 Å². The lowest BCUT2D eigenvalue weighted by Gasteiger charge is -2.16. The Hall–Kier alpha value is -1.98. The summed E-state index contributed by atoms with van der Waals surface area (Å²) in [5.74, 6) is 6.50. The second-order valence-electron chi connectivity index (χ2n) is 4.74. The predicted octanol–water partition coefficient (Wildman–Crippen LogP) is 3.75. The third kappa shape index (κ3) is 3.53. The van der Waals surface area contributed by atoms with Crippen molar-refractivity contribution < 1.29 is 9.84 Å². The fraction of sp³-hybridized carbons (Fsp3) is 0.333. The van der Waals surface area contributed by atoms with Gasteiger partial charge in [-0.15, -0.1) is 0 Å². The van der Waals surface area contributed by atoms with Crippen molar-refractivity contribution in [2.75, 3.05) is 6.61 Å². The second kappa shape index (κ2) is 6.98. The average molecular weight is 268 g/mol. The first-order valence-corrected chi connectivity index (χ1v) is 7.07. The first-order valence-electron chi connectivity index (χ1n) is 7.07. The van der Waals surface area contributed by atoms with Crippen molar-refractivity contribution >= 4 is 10.8 Å². The van der Waals surface area contributed by atoms with E-state index in [4.69, 9.17) is 9.84 Å². The number of ether oxygens (including phenoxy) is 1. The van der Waals surface area contributed by atoms with E-state index in [1.807, 2.05) is 24.3 Å². The molecule has 0 bridgehead atoms. The normalized spacial score (nSPS) is 10.4. The summed E-state index contributed by atoms with van der Waals surface area (Å²) >= 11 is 0. The van der Waals surface area contributed by atoms with Crippen LogP contribution in [0.1, 0.15) is 32.3 Å². The molecular weight excluding hydrogens is 248 g/mol. The molecule has 0 fully saturated rings. The standard InChI is InChI=1S/C18H20O2/c1-3-17(4-2)20-18-10-9-15-12-14(6-5-11-19)7-8-16(15)13-18/h7-10,12-13,17,19H,3-4,11H2,1-2H3. The molecule has 0 spiro atoms. The summed E-state index contributed by atoms with van der Waals surface area (Å²) in [5.41, 5.74) is 0.917. The molecule has 0 amide bonds. The maximum Gasteiger partial charge on any atom is 0.120 e. The van der Waals surface area contributed by atoms with Gasteiger partial charge in [-0.05, 0) is 47.9 Å². The van der Waals surface area contributed by atoms with E-state index in [1.165, 1.54) is 0 Å². The van der Waals surface area contributed by atoms with Crippen molar-refractivity contribution in [3.63, 3.8) is 0 Å². The lowest BCUT2D eigenvalue weighted by molar-refractivity contribution is 0.193. The van der Waals surface area contributed by atoms with E-state index >= 15 is 0 Å². The second-order valence-corrected chi connectivity index (χ2v) is 4.74. The monoisotopic (exact) mass is 268 g/mol. The minimum absolute atomic E-state index is 0.111. The van der Waals surface area contributed by atoms with Gasteiger partial charge in [-0.25, -0.2) is 0 Å². The maximum atomic E-state index is 8.72. The predicted molar refractivity (Wildman–Crippen MR) is 82.9 cm³/mol. The highest BCUT2D eigenvalue weighted by atomic mass is 16.5. The summed E-state index contributed by atoms with van der Waals surface area (Å²) in [4.78, 5) is 0. The van der Waals surface area contributed by atoms with Gasteiger partial charge in [-0.2, -0.15) is 0 Å². The van der Waals surface area contributed by atoms with Gasteiger partial charge in [0.05, 0.1) is 6.10 Å². The van der Waals surface area contributed by atoms with Crippen LogP contribution in [-0.4, -0.2) is 17.8 Å². The van der Waals surface area contributed by atoms with Crippen LogP contribution in [-0.2, 0) is 0 Å². The van der Waals surface area contributed by atoms with Crippen molar-refractivity contribution in [1.82, 2.24) is 0 Å². The fourth-order valence-corrected chi connectivity index (χ4v) is 2.16. The Balaban J connectivity index is 2.27. The van der Waals surface area contributed by atoms with Crippen LogP contribution in [0.5, 0.6) is 5.75 Å². The fourth-order valence-electron chi connectivity index (χ4n) is 2.16. The Bertz CT molecular complexity index is 631. The highest BCUT2D eigenvalue weighted by Gasteiger charge is 2.05. The van der Waals surface area contributed by atoms with Crippen LogP contribution in [0.15, 0.2) is 36.4 Å². The van der Waals surface area contributed by atoms with Crippen LogP contribution < -0.4 is 4.74 Å². The zero-order valence-electron chi connectivity index (χ0n) is 12.0. The van der Waals surface area contributed by atoms with Gasteiger partial charge in [0.15, 0.2) is 0 Å². The Labute approximate surface area is 120 Å². The van der Waals surface area contributed by atoms with Crippen LogP contribution in [0.4, 0.5) is 0 Å². The summed E-state index contributed by atoms with van der Waals surface area (Å²) in [6, 6.07) is 12.2. The van der Waals surface area contributed by atoms with E-state index in [-0.39, 0.29) is 12.7 Å². The van der Waals surface area contributed by atoms with Gasteiger partial charge >= 0.3 is 0 Å². The Kier molecular flexibility index (Phi) is 5.03. The lowest BCUT2D eigenvalue weighted by atomic mass is 10.1. The van der Waals surface area contributed by atoms with Gasteiger partial charge in [-0.3, -0.25) is 0 Å². The highest BCUT2D eigenvalue weighted by molar-refractivity contribution is 5.85. The third-order valence-electron chi connectivity index (χ3n) is 3.34. The van der Waals surface area contributed by atoms with Crippen molar-refractivity contribution in [2.24, 2.45) is 0 Å². The van der Waals surface area contributed by atoms with Gasteiger partial charge in [0.1, 0.15) is 12.4 Å². The van der Waals surface area contributed by atoms with Crippen LogP contribution in [0.25, 0.3) is 10.8 Å². The molecule has 2 heteroatoms. The summed E-state index contributed by atoms with van der Waals surface area (Å²) < 4.78 is 5.96. The quantitative estimate of drug-likeness (QED) is 0.856. The summed E-state index contributed by atoms with van der Waals surface area (Å²) in [5, 5.41) is 11.0. The summed E-state index contributed by atoms with van der Waals surface area (Å²) in [6.07, 6.45) is 2.32. The Morgan fingerprint density at radius 1 is 1.05 bits per heavy atom. The van der Waals surface area contributed by atoms with Gasteiger partial charge in [0.2, 0.25) is 0 Å². The molecule has 20 heavy (non-hydrogen) atoms. The minimum Gasteiger partial charge on any atom is -0.490 e. The van der Waals surface area contributed by atoms with E-state index in [9.17, 15) is 0 Å². The van der Waals surface area contributed by atoms with Crippen LogP contribution in [0.2, 0.25) is 0 Å². The lowest BCUT2D eigenvalue weighted by Crippen LogP contribution is -2.13. The largest absolute Gasteiger partial charge is 0.490 e. The average Bonchev–Trinajstić information content (AvgIpc) is 2.50. The van der Waals surface area contributed by atoms with Crippen molar-refractivity contribution in [1.29, 1.82) is 0 Å². The summed E-state index contributed by atoms with van der Waals surface area (Å²) in [7, 11) is 0. The molecule has 0 saturated heterocycles. The summed E-state index contributed by atoms with van der Waals surface area (Å²) in [6.45, 7) is 4.17. The molecule has 2 aromatic carbocycles. The number of hydrogen-bond donors (Lipinski definition) is 1.